The fourth-order valence-electron chi connectivity index (χ4n) is 8.18. The Hall–Kier alpha value is -6.00. The van der Waals surface area contributed by atoms with Crippen molar-refractivity contribution in [1.29, 1.82) is 0 Å². The molecule has 0 spiro atoms. The topological polar surface area (TPSA) is 50.9 Å². The Labute approximate surface area is 357 Å². The van der Waals surface area contributed by atoms with E-state index < -0.39 is 0 Å². The van der Waals surface area contributed by atoms with E-state index in [0.29, 0.717) is 5.75 Å². The van der Waals surface area contributed by atoms with Crippen LogP contribution in [0.4, 0.5) is 0 Å². The normalized spacial score (nSPS) is 12.7. The second-order valence-corrected chi connectivity index (χ2v) is 20.7. The van der Waals surface area contributed by atoms with Gasteiger partial charge in [-0.05, 0) is 109 Å². The Morgan fingerprint density at radius 2 is 1.03 bits per heavy atom. The fourth-order valence-corrected chi connectivity index (χ4v) is 8.18. The SMILES string of the molecule is CC(C)(C)c1cc(-c2cc(C(C)(C)C)cc(C(C)(C)C)c2O)nc(-n2c3ccc(C(C)(C)C)cc3c3ccc(-c4cc(-c5ccc(-c6ccccc6)cc5)ccn4)cc32)c1. The highest BCUT2D eigenvalue weighted by molar-refractivity contribution is 6.10. The minimum Gasteiger partial charge on any atom is -0.507 e. The van der Waals surface area contributed by atoms with Crippen molar-refractivity contribution in [2.24, 2.45) is 0 Å². The number of aromatic nitrogens is 3. The summed E-state index contributed by atoms with van der Waals surface area (Å²) in [5.41, 5.74) is 14.2. The smallest absolute Gasteiger partial charge is 0.138 e. The van der Waals surface area contributed by atoms with Crippen LogP contribution in [0.25, 0.3) is 72.4 Å². The van der Waals surface area contributed by atoms with Gasteiger partial charge >= 0.3 is 0 Å². The Morgan fingerprint density at radius 1 is 0.433 bits per heavy atom. The molecule has 0 aliphatic carbocycles. The summed E-state index contributed by atoms with van der Waals surface area (Å²) in [4.78, 5) is 10.4. The molecule has 8 aromatic rings. The first kappa shape index (κ1) is 40.8. The predicted octanol–water partition coefficient (Wildman–Crippen LogP) is 15.1. The van der Waals surface area contributed by atoms with Gasteiger partial charge in [0.25, 0.3) is 0 Å². The molecule has 0 saturated carbocycles. The highest BCUT2D eigenvalue weighted by atomic mass is 16.3. The Kier molecular flexibility index (Phi) is 9.93. The molecular formula is C56H59N3O. The van der Waals surface area contributed by atoms with Crippen LogP contribution in [0, 0.1) is 0 Å². The lowest BCUT2D eigenvalue weighted by Gasteiger charge is -2.28. The van der Waals surface area contributed by atoms with Crippen LogP contribution in [-0.4, -0.2) is 19.6 Å². The minimum atomic E-state index is -0.268. The number of hydrogen-bond acceptors (Lipinski definition) is 3. The van der Waals surface area contributed by atoms with Crippen molar-refractivity contribution in [3.63, 3.8) is 0 Å². The Balaban J connectivity index is 1.35. The molecule has 5 aromatic carbocycles. The zero-order valence-corrected chi connectivity index (χ0v) is 37.5. The quantitative estimate of drug-likeness (QED) is 0.189. The van der Waals surface area contributed by atoms with Gasteiger partial charge in [0.05, 0.1) is 22.4 Å². The van der Waals surface area contributed by atoms with Crippen LogP contribution >= 0.6 is 0 Å². The van der Waals surface area contributed by atoms with Crippen LogP contribution < -0.4 is 0 Å². The number of hydrogen-bond donors (Lipinski definition) is 1. The van der Waals surface area contributed by atoms with Crippen LogP contribution in [0.15, 0.2) is 134 Å². The number of pyridine rings is 2. The molecule has 0 saturated heterocycles. The summed E-state index contributed by atoms with van der Waals surface area (Å²) in [5, 5.41) is 14.5. The summed E-state index contributed by atoms with van der Waals surface area (Å²) in [6.07, 6.45) is 1.91. The standard InChI is InChI=1S/C56H59N3O/c1-53(2,3)40-23-25-49-44(30-40)43-24-22-39(47-28-38(26-27-57-47)37-20-18-36(19-21-37)35-16-14-13-15-17-35)29-50(43)59(49)51-34-42(55(7,8)9)33-48(58-51)45-31-41(54(4,5)6)32-46(52(45)60)56(10,11)12/h13-34,60H,1-12H3. The molecule has 0 atom stereocenters. The summed E-state index contributed by atoms with van der Waals surface area (Å²) in [6, 6.07) is 45.9. The first-order chi connectivity index (χ1) is 28.2. The van der Waals surface area contributed by atoms with Crippen LogP contribution in [0.5, 0.6) is 5.75 Å². The van der Waals surface area contributed by atoms with E-state index in [1.54, 1.807) is 0 Å². The summed E-state index contributed by atoms with van der Waals surface area (Å²) in [7, 11) is 0. The molecule has 8 rings (SSSR count). The zero-order chi connectivity index (χ0) is 42.9. The second kappa shape index (κ2) is 14.6. The maximum atomic E-state index is 12.1. The van der Waals surface area contributed by atoms with Crippen molar-refractivity contribution >= 4 is 21.8 Å². The van der Waals surface area contributed by atoms with Gasteiger partial charge in [0.2, 0.25) is 0 Å². The fraction of sp³-hybridized carbons (Fsp3) is 0.286. The molecule has 3 heterocycles. The molecular weight excluding hydrogens is 731 g/mol. The lowest BCUT2D eigenvalue weighted by molar-refractivity contribution is 0.446. The van der Waals surface area contributed by atoms with Gasteiger partial charge < -0.3 is 5.11 Å². The molecule has 0 fully saturated rings. The second-order valence-electron chi connectivity index (χ2n) is 20.7. The predicted molar refractivity (Wildman–Crippen MR) is 255 cm³/mol. The summed E-state index contributed by atoms with van der Waals surface area (Å²) < 4.78 is 2.32. The minimum absolute atomic E-state index is 0.0237. The maximum Gasteiger partial charge on any atom is 0.138 e. The molecule has 0 aliphatic heterocycles. The zero-order valence-electron chi connectivity index (χ0n) is 37.5. The van der Waals surface area contributed by atoms with Gasteiger partial charge in [-0.25, -0.2) is 4.98 Å². The number of phenolic OH excluding ortho intramolecular Hbond substituents is 1. The van der Waals surface area contributed by atoms with Gasteiger partial charge in [0, 0.05) is 33.7 Å². The van der Waals surface area contributed by atoms with E-state index in [1.165, 1.54) is 27.6 Å². The van der Waals surface area contributed by atoms with Gasteiger partial charge in [-0.1, -0.05) is 162 Å². The van der Waals surface area contributed by atoms with E-state index in [9.17, 15) is 5.11 Å². The number of fused-ring (bicyclic) bond motifs is 3. The molecule has 4 nitrogen and oxygen atoms in total. The summed E-state index contributed by atoms with van der Waals surface area (Å²) in [5.74, 6) is 1.11. The van der Waals surface area contributed by atoms with Gasteiger partial charge in [0.15, 0.2) is 0 Å². The molecule has 4 heteroatoms. The van der Waals surface area contributed by atoms with Gasteiger partial charge in [0.1, 0.15) is 11.6 Å². The summed E-state index contributed by atoms with van der Waals surface area (Å²) in [6.45, 7) is 26.7. The molecule has 1 N–H and O–H groups in total. The third-order valence-electron chi connectivity index (χ3n) is 12.0. The van der Waals surface area contributed by atoms with Crippen LogP contribution in [0.1, 0.15) is 105 Å². The molecule has 60 heavy (non-hydrogen) atoms. The number of nitrogens with zero attached hydrogens (tertiary/aromatic N) is 3. The Bertz CT molecular complexity index is 2890. The highest BCUT2D eigenvalue weighted by Gasteiger charge is 2.28. The van der Waals surface area contributed by atoms with Crippen molar-refractivity contribution in [2.75, 3.05) is 0 Å². The van der Waals surface area contributed by atoms with E-state index in [-0.39, 0.29) is 21.7 Å². The van der Waals surface area contributed by atoms with E-state index in [0.717, 1.165) is 67.0 Å². The molecule has 0 bridgehead atoms. The molecule has 3 aromatic heterocycles. The van der Waals surface area contributed by atoms with Crippen molar-refractivity contribution in [3.05, 3.63) is 156 Å². The molecule has 0 aliphatic rings. The maximum absolute atomic E-state index is 12.1. The highest BCUT2D eigenvalue weighted by Crippen LogP contribution is 2.44. The van der Waals surface area contributed by atoms with Gasteiger partial charge in [-0.3, -0.25) is 9.55 Å². The number of rotatable bonds is 5. The van der Waals surface area contributed by atoms with Gasteiger partial charge in [-0.15, -0.1) is 0 Å². The van der Waals surface area contributed by atoms with Crippen molar-refractivity contribution in [1.82, 2.24) is 14.5 Å². The first-order valence-electron chi connectivity index (χ1n) is 21.3. The average molecular weight is 790 g/mol. The lowest BCUT2D eigenvalue weighted by atomic mass is 9.78. The van der Waals surface area contributed by atoms with Crippen molar-refractivity contribution in [2.45, 2.75) is 105 Å². The van der Waals surface area contributed by atoms with E-state index in [2.05, 4.69) is 209 Å². The first-order valence-corrected chi connectivity index (χ1v) is 21.3. The lowest BCUT2D eigenvalue weighted by Crippen LogP contribution is -2.17. The van der Waals surface area contributed by atoms with Crippen molar-refractivity contribution in [3.8, 4) is 56.3 Å². The van der Waals surface area contributed by atoms with Crippen molar-refractivity contribution < 1.29 is 5.11 Å². The number of aromatic hydroxyl groups is 1. The Morgan fingerprint density at radius 3 is 1.67 bits per heavy atom. The van der Waals surface area contributed by atoms with Crippen LogP contribution in [-0.2, 0) is 21.7 Å². The van der Waals surface area contributed by atoms with Crippen LogP contribution in [0.2, 0.25) is 0 Å². The third kappa shape index (κ3) is 7.76. The van der Waals surface area contributed by atoms with Crippen LogP contribution in [0.3, 0.4) is 0 Å². The molecule has 0 unspecified atom stereocenters. The van der Waals surface area contributed by atoms with Gasteiger partial charge in [-0.2, -0.15) is 0 Å². The summed E-state index contributed by atoms with van der Waals surface area (Å²) >= 11 is 0. The average Bonchev–Trinajstić information content (AvgIpc) is 3.53. The van der Waals surface area contributed by atoms with E-state index in [4.69, 9.17) is 9.97 Å². The largest absolute Gasteiger partial charge is 0.507 e. The molecule has 0 radical (unpaired) electrons. The number of benzene rings is 5. The molecule has 304 valence electrons. The molecule has 0 amide bonds. The number of phenols is 1. The van der Waals surface area contributed by atoms with E-state index in [1.807, 2.05) is 12.3 Å². The third-order valence-corrected chi connectivity index (χ3v) is 12.0. The monoisotopic (exact) mass is 789 g/mol. The van der Waals surface area contributed by atoms with E-state index >= 15 is 0 Å².